The SMILES string of the molecule is O=C(CCCC1CCCCC1)N1CCNCC1c1cccnc1. The molecule has 4 heteroatoms. The molecule has 1 amide bonds. The standard InChI is InChI=1S/C19H29N3O/c23-19(10-4-8-16-6-2-1-3-7-16)22-13-12-21-15-18(22)17-9-5-11-20-14-17/h5,9,11,14,16,18,21H,1-4,6-8,10,12-13,15H2. The Hall–Kier alpha value is -1.42. The number of rotatable bonds is 5. The Morgan fingerprint density at radius 1 is 1.30 bits per heavy atom. The molecular formula is C19H29N3O. The maximum absolute atomic E-state index is 12.7. The van der Waals surface area contributed by atoms with Crippen molar-refractivity contribution in [1.29, 1.82) is 0 Å². The quantitative estimate of drug-likeness (QED) is 0.907. The minimum atomic E-state index is 0.139. The molecule has 1 aliphatic carbocycles. The molecule has 2 fully saturated rings. The van der Waals surface area contributed by atoms with E-state index in [1.54, 1.807) is 6.20 Å². The minimum absolute atomic E-state index is 0.139. The molecule has 2 heterocycles. The molecule has 1 aromatic heterocycles. The Morgan fingerprint density at radius 2 is 2.17 bits per heavy atom. The Labute approximate surface area is 139 Å². The third-order valence-corrected chi connectivity index (χ3v) is 5.36. The number of aromatic nitrogens is 1. The molecule has 1 atom stereocenters. The summed E-state index contributed by atoms with van der Waals surface area (Å²) in [7, 11) is 0. The molecule has 1 N–H and O–H groups in total. The Morgan fingerprint density at radius 3 is 2.96 bits per heavy atom. The van der Waals surface area contributed by atoms with E-state index in [1.165, 1.54) is 38.5 Å². The predicted octanol–water partition coefficient (Wildman–Crippen LogP) is 3.31. The van der Waals surface area contributed by atoms with Gasteiger partial charge in [0.15, 0.2) is 0 Å². The molecule has 23 heavy (non-hydrogen) atoms. The number of nitrogens with one attached hydrogen (secondary N) is 1. The molecule has 3 rings (SSSR count). The topological polar surface area (TPSA) is 45.2 Å². The Bertz CT molecular complexity index is 485. The summed E-state index contributed by atoms with van der Waals surface area (Å²) >= 11 is 0. The van der Waals surface area contributed by atoms with E-state index in [0.717, 1.165) is 37.5 Å². The van der Waals surface area contributed by atoms with Gasteiger partial charge in [-0.3, -0.25) is 9.78 Å². The lowest BCUT2D eigenvalue weighted by Crippen LogP contribution is -2.48. The Balaban J connectivity index is 1.52. The number of piperazine rings is 1. The highest BCUT2D eigenvalue weighted by molar-refractivity contribution is 5.76. The zero-order chi connectivity index (χ0) is 15.9. The summed E-state index contributed by atoms with van der Waals surface area (Å²) in [5.74, 6) is 1.19. The molecule has 2 aliphatic rings. The van der Waals surface area contributed by atoms with Crippen LogP contribution in [0.3, 0.4) is 0 Å². The maximum Gasteiger partial charge on any atom is 0.223 e. The number of carbonyl (C=O) groups is 1. The van der Waals surface area contributed by atoms with Crippen molar-refractivity contribution in [1.82, 2.24) is 15.2 Å². The van der Waals surface area contributed by atoms with E-state index in [1.807, 2.05) is 12.3 Å². The van der Waals surface area contributed by atoms with Crippen LogP contribution >= 0.6 is 0 Å². The number of amides is 1. The molecule has 1 aliphatic heterocycles. The summed E-state index contributed by atoms with van der Waals surface area (Å²) < 4.78 is 0. The van der Waals surface area contributed by atoms with Crippen molar-refractivity contribution >= 4 is 5.91 Å². The first-order chi connectivity index (χ1) is 11.3. The normalized spacial score (nSPS) is 23.0. The zero-order valence-corrected chi connectivity index (χ0v) is 14.0. The largest absolute Gasteiger partial charge is 0.333 e. The lowest BCUT2D eigenvalue weighted by Gasteiger charge is -2.36. The molecule has 1 aromatic rings. The van der Waals surface area contributed by atoms with E-state index < -0.39 is 0 Å². The second-order valence-electron chi connectivity index (χ2n) is 6.99. The fraction of sp³-hybridized carbons (Fsp3) is 0.684. The van der Waals surface area contributed by atoms with Crippen LogP contribution in [-0.4, -0.2) is 35.4 Å². The molecule has 0 spiro atoms. The van der Waals surface area contributed by atoms with Gasteiger partial charge in [-0.1, -0.05) is 38.2 Å². The highest BCUT2D eigenvalue weighted by Gasteiger charge is 2.27. The molecular weight excluding hydrogens is 286 g/mol. The fourth-order valence-electron chi connectivity index (χ4n) is 4.04. The van der Waals surface area contributed by atoms with E-state index in [0.29, 0.717) is 12.3 Å². The maximum atomic E-state index is 12.7. The monoisotopic (exact) mass is 315 g/mol. The lowest BCUT2D eigenvalue weighted by atomic mass is 9.86. The third-order valence-electron chi connectivity index (χ3n) is 5.36. The highest BCUT2D eigenvalue weighted by Crippen LogP contribution is 2.28. The molecule has 1 unspecified atom stereocenters. The van der Waals surface area contributed by atoms with Crippen molar-refractivity contribution < 1.29 is 4.79 Å². The van der Waals surface area contributed by atoms with Crippen LogP contribution in [0, 0.1) is 5.92 Å². The zero-order valence-electron chi connectivity index (χ0n) is 14.0. The molecule has 126 valence electrons. The summed E-state index contributed by atoms with van der Waals surface area (Å²) in [6, 6.07) is 4.17. The summed E-state index contributed by atoms with van der Waals surface area (Å²) in [5.41, 5.74) is 1.14. The first kappa shape index (κ1) is 16.4. The van der Waals surface area contributed by atoms with E-state index in [-0.39, 0.29) is 6.04 Å². The molecule has 0 bridgehead atoms. The second-order valence-corrected chi connectivity index (χ2v) is 6.99. The van der Waals surface area contributed by atoms with Crippen LogP contribution in [0.5, 0.6) is 0 Å². The Kier molecular flexibility index (Phi) is 6.03. The van der Waals surface area contributed by atoms with Gasteiger partial charge in [-0.15, -0.1) is 0 Å². The average molecular weight is 315 g/mol. The van der Waals surface area contributed by atoms with Gasteiger partial charge in [-0.25, -0.2) is 0 Å². The van der Waals surface area contributed by atoms with Gasteiger partial charge in [0.1, 0.15) is 0 Å². The van der Waals surface area contributed by atoms with Gasteiger partial charge in [-0.2, -0.15) is 0 Å². The van der Waals surface area contributed by atoms with Crippen LogP contribution in [0.2, 0.25) is 0 Å². The number of nitrogens with zero attached hydrogens (tertiary/aromatic N) is 2. The number of hydrogen-bond acceptors (Lipinski definition) is 3. The summed E-state index contributed by atoms with van der Waals surface area (Å²) in [4.78, 5) is 19.0. The molecule has 0 aromatic carbocycles. The van der Waals surface area contributed by atoms with Crippen molar-refractivity contribution in [3.63, 3.8) is 0 Å². The smallest absolute Gasteiger partial charge is 0.223 e. The summed E-state index contributed by atoms with van der Waals surface area (Å²) in [5, 5.41) is 3.40. The third kappa shape index (κ3) is 4.54. The van der Waals surface area contributed by atoms with Crippen molar-refractivity contribution in [2.24, 2.45) is 5.92 Å². The first-order valence-electron chi connectivity index (χ1n) is 9.24. The highest BCUT2D eigenvalue weighted by atomic mass is 16.2. The average Bonchev–Trinajstić information content (AvgIpc) is 2.63. The van der Waals surface area contributed by atoms with Gasteiger partial charge in [0.2, 0.25) is 5.91 Å². The van der Waals surface area contributed by atoms with Crippen LogP contribution in [0.4, 0.5) is 0 Å². The van der Waals surface area contributed by atoms with Crippen LogP contribution in [0.1, 0.15) is 63.0 Å². The number of pyridine rings is 1. The summed E-state index contributed by atoms with van der Waals surface area (Å²) in [6.07, 6.45) is 13.6. The van der Waals surface area contributed by atoms with Gasteiger partial charge in [0.25, 0.3) is 0 Å². The van der Waals surface area contributed by atoms with Crippen molar-refractivity contribution in [3.05, 3.63) is 30.1 Å². The van der Waals surface area contributed by atoms with Crippen LogP contribution in [-0.2, 0) is 4.79 Å². The first-order valence-corrected chi connectivity index (χ1v) is 9.24. The molecule has 4 nitrogen and oxygen atoms in total. The summed E-state index contributed by atoms with van der Waals surface area (Å²) in [6.45, 7) is 2.53. The van der Waals surface area contributed by atoms with Crippen molar-refractivity contribution in [2.45, 2.75) is 57.4 Å². The van der Waals surface area contributed by atoms with Crippen LogP contribution in [0.15, 0.2) is 24.5 Å². The number of hydrogen-bond donors (Lipinski definition) is 1. The predicted molar refractivity (Wildman–Crippen MR) is 92.0 cm³/mol. The van der Waals surface area contributed by atoms with Crippen molar-refractivity contribution in [2.75, 3.05) is 19.6 Å². The van der Waals surface area contributed by atoms with Gasteiger partial charge in [0, 0.05) is 38.4 Å². The fourth-order valence-corrected chi connectivity index (χ4v) is 4.04. The van der Waals surface area contributed by atoms with E-state index >= 15 is 0 Å². The molecule has 1 saturated carbocycles. The van der Waals surface area contributed by atoms with Crippen LogP contribution in [0.25, 0.3) is 0 Å². The number of carbonyl (C=O) groups excluding carboxylic acids is 1. The van der Waals surface area contributed by atoms with Crippen LogP contribution < -0.4 is 5.32 Å². The van der Waals surface area contributed by atoms with Gasteiger partial charge in [0.05, 0.1) is 6.04 Å². The van der Waals surface area contributed by atoms with E-state index in [9.17, 15) is 4.79 Å². The van der Waals surface area contributed by atoms with Gasteiger partial charge < -0.3 is 10.2 Å². The van der Waals surface area contributed by atoms with E-state index in [4.69, 9.17) is 0 Å². The van der Waals surface area contributed by atoms with Gasteiger partial charge >= 0.3 is 0 Å². The van der Waals surface area contributed by atoms with Gasteiger partial charge in [-0.05, 0) is 30.4 Å². The van der Waals surface area contributed by atoms with Crippen molar-refractivity contribution in [3.8, 4) is 0 Å². The lowest BCUT2D eigenvalue weighted by molar-refractivity contribution is -0.134. The second kappa shape index (κ2) is 8.44. The molecule has 1 saturated heterocycles. The minimum Gasteiger partial charge on any atom is -0.333 e. The molecule has 0 radical (unpaired) electrons. The van der Waals surface area contributed by atoms with E-state index in [2.05, 4.69) is 21.3 Å².